The summed E-state index contributed by atoms with van der Waals surface area (Å²) < 4.78 is 26.3. The molecule has 0 aliphatic carbocycles. The van der Waals surface area contributed by atoms with Gasteiger partial charge in [0, 0.05) is 10.6 Å². The standard InChI is InChI=1S/C9H5ClF2O3.H2O/c10-6-3-1-5(2-4-6)9(11,12)7(13)8(14)15;/h1-4H,(H,14,15);1H2. The normalized spacial score (nSPS) is 10.4. The molecule has 0 unspecified atom stereocenters. The molecule has 3 N–H and O–H groups in total. The van der Waals surface area contributed by atoms with Gasteiger partial charge in [0.2, 0.25) is 0 Å². The van der Waals surface area contributed by atoms with Crippen molar-refractivity contribution in [3.05, 3.63) is 34.9 Å². The van der Waals surface area contributed by atoms with Crippen LogP contribution in [0.5, 0.6) is 0 Å². The third-order valence-corrected chi connectivity index (χ3v) is 1.94. The molecular formula is C9H7ClF2O4. The maximum absolute atomic E-state index is 13.2. The average Bonchev–Trinajstić information content (AvgIpc) is 2.17. The lowest BCUT2D eigenvalue weighted by Crippen LogP contribution is -2.32. The summed E-state index contributed by atoms with van der Waals surface area (Å²) in [7, 11) is 0. The lowest BCUT2D eigenvalue weighted by atomic mass is 10.0. The second kappa shape index (κ2) is 5.00. The van der Waals surface area contributed by atoms with E-state index in [4.69, 9.17) is 16.7 Å². The number of aliphatic carboxylic acids is 1. The number of alkyl halides is 2. The van der Waals surface area contributed by atoms with E-state index in [1.807, 2.05) is 0 Å². The number of hydrogen-bond donors (Lipinski definition) is 1. The fourth-order valence-electron chi connectivity index (χ4n) is 0.925. The van der Waals surface area contributed by atoms with Gasteiger partial charge in [-0.3, -0.25) is 4.79 Å². The van der Waals surface area contributed by atoms with Crippen LogP contribution < -0.4 is 0 Å². The molecule has 0 heterocycles. The Bertz CT molecular complexity index is 402. The van der Waals surface area contributed by atoms with E-state index >= 15 is 0 Å². The van der Waals surface area contributed by atoms with Crippen molar-refractivity contribution in [1.82, 2.24) is 0 Å². The van der Waals surface area contributed by atoms with Crippen molar-refractivity contribution >= 4 is 23.4 Å². The molecule has 7 heteroatoms. The third-order valence-electron chi connectivity index (χ3n) is 1.69. The number of Topliss-reactive ketones (excluding diaryl/α,β-unsaturated/α-hetero) is 1. The van der Waals surface area contributed by atoms with Crippen LogP contribution in [0.2, 0.25) is 5.02 Å². The van der Waals surface area contributed by atoms with E-state index in [1.165, 1.54) is 0 Å². The molecule has 4 nitrogen and oxygen atoms in total. The topological polar surface area (TPSA) is 85.9 Å². The lowest BCUT2D eigenvalue weighted by Gasteiger charge is -2.12. The smallest absolute Gasteiger partial charge is 0.379 e. The highest BCUT2D eigenvalue weighted by Gasteiger charge is 2.44. The molecule has 0 atom stereocenters. The van der Waals surface area contributed by atoms with E-state index in [-0.39, 0.29) is 10.5 Å². The summed E-state index contributed by atoms with van der Waals surface area (Å²) in [6, 6.07) is 4.12. The van der Waals surface area contributed by atoms with Gasteiger partial charge in [0.05, 0.1) is 0 Å². The summed E-state index contributed by atoms with van der Waals surface area (Å²) in [6.07, 6.45) is 0. The Hall–Kier alpha value is -1.53. The maximum atomic E-state index is 13.2. The molecule has 0 fully saturated rings. The summed E-state index contributed by atoms with van der Waals surface area (Å²) in [4.78, 5) is 20.8. The van der Waals surface area contributed by atoms with Gasteiger partial charge in [-0.2, -0.15) is 8.78 Å². The second-order valence-corrected chi connectivity index (χ2v) is 3.15. The Morgan fingerprint density at radius 3 is 2.00 bits per heavy atom. The van der Waals surface area contributed by atoms with Gasteiger partial charge in [-0.05, 0) is 12.1 Å². The van der Waals surface area contributed by atoms with E-state index in [9.17, 15) is 18.4 Å². The molecule has 0 aromatic heterocycles. The molecule has 16 heavy (non-hydrogen) atoms. The number of rotatable bonds is 3. The first kappa shape index (κ1) is 14.5. The number of carboxylic acid groups (broad SMARTS) is 1. The van der Waals surface area contributed by atoms with Crippen LogP contribution in [-0.4, -0.2) is 22.3 Å². The molecule has 0 aliphatic rings. The third kappa shape index (κ3) is 2.74. The van der Waals surface area contributed by atoms with Crippen LogP contribution in [-0.2, 0) is 15.5 Å². The molecule has 0 aliphatic heterocycles. The Morgan fingerprint density at radius 2 is 1.62 bits per heavy atom. The van der Waals surface area contributed by atoms with Gasteiger partial charge in [0.1, 0.15) is 0 Å². The maximum Gasteiger partial charge on any atom is 0.379 e. The summed E-state index contributed by atoms with van der Waals surface area (Å²) in [5, 5.41) is 8.40. The van der Waals surface area contributed by atoms with Gasteiger partial charge in [-0.15, -0.1) is 0 Å². The minimum absolute atomic E-state index is 0. The molecule has 1 aromatic rings. The van der Waals surface area contributed by atoms with Gasteiger partial charge < -0.3 is 10.6 Å². The zero-order valence-electron chi connectivity index (χ0n) is 7.71. The average molecular weight is 253 g/mol. The molecule has 0 saturated heterocycles. The highest BCUT2D eigenvalue weighted by molar-refractivity contribution is 6.35. The van der Waals surface area contributed by atoms with Crippen LogP contribution in [0.3, 0.4) is 0 Å². The highest BCUT2D eigenvalue weighted by Crippen LogP contribution is 2.29. The Labute approximate surface area is 93.8 Å². The molecular weight excluding hydrogens is 246 g/mol. The van der Waals surface area contributed by atoms with Crippen LogP contribution in [0.1, 0.15) is 5.56 Å². The van der Waals surface area contributed by atoms with E-state index in [0.717, 1.165) is 24.3 Å². The molecule has 88 valence electrons. The van der Waals surface area contributed by atoms with Crippen molar-refractivity contribution in [3.8, 4) is 0 Å². The quantitative estimate of drug-likeness (QED) is 0.822. The number of carbonyl (C=O) groups is 2. The minimum atomic E-state index is -4.03. The number of halogens is 3. The Morgan fingerprint density at radius 1 is 1.19 bits per heavy atom. The number of carboxylic acids is 1. The summed E-state index contributed by atoms with van der Waals surface area (Å²) in [5.41, 5.74) is -0.695. The van der Waals surface area contributed by atoms with Crippen molar-refractivity contribution < 1.29 is 29.0 Å². The van der Waals surface area contributed by atoms with E-state index in [1.54, 1.807) is 0 Å². The summed E-state index contributed by atoms with van der Waals surface area (Å²) in [5.74, 6) is -8.36. The van der Waals surface area contributed by atoms with Crippen LogP contribution in [0.15, 0.2) is 24.3 Å². The molecule has 0 bridgehead atoms. The molecule has 1 rings (SSSR count). The Kier molecular flexibility index (Phi) is 4.52. The molecule has 0 spiro atoms. The zero-order valence-corrected chi connectivity index (χ0v) is 8.46. The number of ketones is 1. The van der Waals surface area contributed by atoms with Gasteiger partial charge in [-0.25, -0.2) is 4.79 Å². The van der Waals surface area contributed by atoms with Crippen molar-refractivity contribution in [1.29, 1.82) is 0 Å². The van der Waals surface area contributed by atoms with Crippen LogP contribution in [0.4, 0.5) is 8.78 Å². The minimum Gasteiger partial charge on any atom is -0.475 e. The highest BCUT2D eigenvalue weighted by atomic mass is 35.5. The number of hydrogen-bond acceptors (Lipinski definition) is 2. The van der Waals surface area contributed by atoms with Gasteiger partial charge >= 0.3 is 17.7 Å². The van der Waals surface area contributed by atoms with Crippen LogP contribution in [0, 0.1) is 0 Å². The number of benzene rings is 1. The van der Waals surface area contributed by atoms with Crippen molar-refractivity contribution in [2.45, 2.75) is 5.92 Å². The molecule has 0 amide bonds. The van der Waals surface area contributed by atoms with Gasteiger partial charge in [0.15, 0.2) is 0 Å². The van der Waals surface area contributed by atoms with Gasteiger partial charge in [0.25, 0.3) is 0 Å². The SMILES string of the molecule is O.O=C(O)C(=O)C(F)(F)c1ccc(Cl)cc1. The first-order valence-corrected chi connectivity index (χ1v) is 4.15. The molecule has 0 saturated carbocycles. The summed E-state index contributed by atoms with van der Waals surface area (Å²) in [6.45, 7) is 0. The van der Waals surface area contributed by atoms with Crippen molar-refractivity contribution in [2.24, 2.45) is 0 Å². The fourth-order valence-corrected chi connectivity index (χ4v) is 1.05. The van der Waals surface area contributed by atoms with Crippen LogP contribution in [0.25, 0.3) is 0 Å². The predicted octanol–water partition coefficient (Wildman–Crippen LogP) is 1.26. The van der Waals surface area contributed by atoms with Crippen molar-refractivity contribution in [2.75, 3.05) is 0 Å². The van der Waals surface area contributed by atoms with E-state index in [0.29, 0.717) is 0 Å². The fraction of sp³-hybridized carbons (Fsp3) is 0.111. The largest absolute Gasteiger partial charge is 0.475 e. The summed E-state index contributed by atoms with van der Waals surface area (Å²) >= 11 is 5.46. The number of carbonyl (C=O) groups excluding carboxylic acids is 1. The predicted molar refractivity (Wildman–Crippen MR) is 51.6 cm³/mol. The first-order chi connectivity index (χ1) is 6.85. The van der Waals surface area contributed by atoms with Crippen LogP contribution >= 0.6 is 11.6 Å². The Balaban J connectivity index is 0.00000225. The first-order valence-electron chi connectivity index (χ1n) is 3.77. The monoisotopic (exact) mass is 252 g/mol. The van der Waals surface area contributed by atoms with E-state index in [2.05, 4.69) is 0 Å². The second-order valence-electron chi connectivity index (χ2n) is 2.72. The molecule has 1 aromatic carbocycles. The van der Waals surface area contributed by atoms with Gasteiger partial charge in [-0.1, -0.05) is 23.7 Å². The lowest BCUT2D eigenvalue weighted by molar-refractivity contribution is -0.163. The molecule has 0 radical (unpaired) electrons. The van der Waals surface area contributed by atoms with E-state index < -0.39 is 23.2 Å². The zero-order chi connectivity index (χ0) is 11.6. The van der Waals surface area contributed by atoms with Crippen molar-refractivity contribution in [3.63, 3.8) is 0 Å².